The molecular formula is C7H7BClNO4. The number of methoxy groups -OCH3 is 1. The summed E-state index contributed by atoms with van der Waals surface area (Å²) in [5, 5.41) is 17.6. The first-order chi connectivity index (χ1) is 6.56. The van der Waals surface area contributed by atoms with Gasteiger partial charge in [0.2, 0.25) is 0 Å². The van der Waals surface area contributed by atoms with Crippen LogP contribution in [-0.2, 0) is 4.74 Å². The molecule has 1 aromatic heterocycles. The van der Waals surface area contributed by atoms with E-state index in [-0.39, 0.29) is 16.2 Å². The first kappa shape index (κ1) is 11.0. The number of carbonyl (C=O) groups is 1. The van der Waals surface area contributed by atoms with Crippen molar-refractivity contribution in [1.29, 1.82) is 0 Å². The molecule has 1 heterocycles. The summed E-state index contributed by atoms with van der Waals surface area (Å²) in [5.41, 5.74) is 0.0783. The highest BCUT2D eigenvalue weighted by Gasteiger charge is 2.17. The fourth-order valence-corrected chi connectivity index (χ4v) is 1.04. The van der Waals surface area contributed by atoms with Crippen LogP contribution in [0.5, 0.6) is 0 Å². The average Bonchev–Trinajstić information content (AvgIpc) is 2.17. The minimum absolute atomic E-state index is 0.000216. The van der Waals surface area contributed by atoms with Gasteiger partial charge in [0.1, 0.15) is 5.15 Å². The van der Waals surface area contributed by atoms with Crippen LogP contribution in [0.4, 0.5) is 0 Å². The summed E-state index contributed by atoms with van der Waals surface area (Å²) in [4.78, 5) is 14.7. The number of halogens is 1. The van der Waals surface area contributed by atoms with Gasteiger partial charge >= 0.3 is 13.1 Å². The first-order valence-corrected chi connectivity index (χ1v) is 4.04. The topological polar surface area (TPSA) is 79.7 Å². The summed E-state index contributed by atoms with van der Waals surface area (Å²) < 4.78 is 4.43. The Labute approximate surface area is 85.4 Å². The van der Waals surface area contributed by atoms with Crippen LogP contribution in [-0.4, -0.2) is 35.2 Å². The molecule has 0 bridgehead atoms. The molecule has 5 nitrogen and oxygen atoms in total. The molecule has 0 saturated carbocycles. The number of rotatable bonds is 2. The van der Waals surface area contributed by atoms with Gasteiger partial charge in [-0.1, -0.05) is 11.6 Å². The molecule has 0 fully saturated rings. The van der Waals surface area contributed by atoms with Gasteiger partial charge in [0, 0.05) is 11.7 Å². The van der Waals surface area contributed by atoms with Gasteiger partial charge in [0.25, 0.3) is 0 Å². The lowest BCUT2D eigenvalue weighted by molar-refractivity contribution is 0.0600. The highest BCUT2D eigenvalue weighted by atomic mass is 35.5. The summed E-state index contributed by atoms with van der Waals surface area (Å²) in [5.74, 6) is -0.676. The van der Waals surface area contributed by atoms with Crippen molar-refractivity contribution in [3.8, 4) is 0 Å². The van der Waals surface area contributed by atoms with Crippen LogP contribution in [0, 0.1) is 0 Å². The Hall–Kier alpha value is -1.11. The monoisotopic (exact) mass is 215 g/mol. The highest BCUT2D eigenvalue weighted by Crippen LogP contribution is 2.11. The standard InChI is InChI=1S/C7H7BClNO4/c1-14-7(11)5-2-4(8(12)13)3-10-6(5)9/h2-3,12-13H,1H3. The molecule has 1 aromatic rings. The van der Waals surface area contributed by atoms with Crippen LogP contribution < -0.4 is 5.46 Å². The van der Waals surface area contributed by atoms with Gasteiger partial charge in [-0.05, 0) is 6.07 Å². The zero-order valence-corrected chi connectivity index (χ0v) is 8.02. The van der Waals surface area contributed by atoms with Crippen molar-refractivity contribution < 1.29 is 19.6 Å². The number of hydrogen-bond donors (Lipinski definition) is 2. The number of carbonyl (C=O) groups excluding carboxylic acids is 1. The van der Waals surface area contributed by atoms with Crippen LogP contribution in [0.2, 0.25) is 5.15 Å². The van der Waals surface area contributed by atoms with E-state index in [9.17, 15) is 4.79 Å². The van der Waals surface area contributed by atoms with Crippen LogP contribution in [0.3, 0.4) is 0 Å². The third-order valence-electron chi connectivity index (χ3n) is 1.56. The molecule has 0 aliphatic rings. The third kappa shape index (κ3) is 2.23. The Morgan fingerprint density at radius 1 is 1.64 bits per heavy atom. The van der Waals surface area contributed by atoms with E-state index in [0.29, 0.717) is 0 Å². The molecule has 0 amide bonds. The van der Waals surface area contributed by atoms with Crippen LogP contribution in [0.25, 0.3) is 0 Å². The fraction of sp³-hybridized carbons (Fsp3) is 0.143. The lowest BCUT2D eigenvalue weighted by Crippen LogP contribution is -2.31. The van der Waals surface area contributed by atoms with Crippen LogP contribution >= 0.6 is 11.6 Å². The predicted molar refractivity (Wildman–Crippen MR) is 50.4 cm³/mol. The number of aromatic nitrogens is 1. The summed E-state index contributed by atoms with van der Waals surface area (Å²) in [6, 6.07) is 1.21. The second-order valence-corrected chi connectivity index (χ2v) is 2.83. The summed E-state index contributed by atoms with van der Waals surface area (Å²) >= 11 is 5.60. The molecule has 2 N–H and O–H groups in total. The van der Waals surface area contributed by atoms with Crippen molar-refractivity contribution in [3.05, 3.63) is 23.0 Å². The van der Waals surface area contributed by atoms with Crippen molar-refractivity contribution >= 4 is 30.2 Å². The van der Waals surface area contributed by atoms with Crippen molar-refractivity contribution in [2.75, 3.05) is 7.11 Å². The van der Waals surface area contributed by atoms with Gasteiger partial charge in [0.15, 0.2) is 0 Å². The van der Waals surface area contributed by atoms with E-state index >= 15 is 0 Å². The van der Waals surface area contributed by atoms with E-state index in [2.05, 4.69) is 9.72 Å². The SMILES string of the molecule is COC(=O)c1cc(B(O)O)cnc1Cl. The molecule has 0 saturated heterocycles. The average molecular weight is 215 g/mol. The molecule has 0 radical (unpaired) electrons. The van der Waals surface area contributed by atoms with Gasteiger partial charge in [0.05, 0.1) is 12.7 Å². The number of hydrogen-bond acceptors (Lipinski definition) is 5. The molecule has 14 heavy (non-hydrogen) atoms. The Kier molecular flexibility index (Phi) is 3.46. The normalized spacial score (nSPS) is 9.71. The Morgan fingerprint density at radius 2 is 2.29 bits per heavy atom. The maximum Gasteiger partial charge on any atom is 0.490 e. The highest BCUT2D eigenvalue weighted by molar-refractivity contribution is 6.58. The quantitative estimate of drug-likeness (QED) is 0.384. The number of ether oxygens (including phenoxy) is 1. The molecule has 0 spiro atoms. The minimum atomic E-state index is -1.69. The van der Waals surface area contributed by atoms with Crippen molar-refractivity contribution in [1.82, 2.24) is 4.98 Å². The molecular weight excluding hydrogens is 208 g/mol. The maximum absolute atomic E-state index is 11.1. The summed E-state index contributed by atoms with van der Waals surface area (Å²) in [7, 11) is -0.496. The van der Waals surface area contributed by atoms with Crippen LogP contribution in [0.1, 0.15) is 10.4 Å². The largest absolute Gasteiger partial charge is 0.490 e. The first-order valence-electron chi connectivity index (χ1n) is 3.66. The van der Waals surface area contributed by atoms with Gasteiger partial charge in [-0.3, -0.25) is 0 Å². The second kappa shape index (κ2) is 4.41. The Bertz CT molecular complexity index is 358. The number of pyridine rings is 1. The molecule has 0 aromatic carbocycles. The molecule has 74 valence electrons. The van der Waals surface area contributed by atoms with Gasteiger partial charge < -0.3 is 14.8 Å². The minimum Gasteiger partial charge on any atom is -0.465 e. The van der Waals surface area contributed by atoms with E-state index in [0.717, 1.165) is 0 Å². The zero-order chi connectivity index (χ0) is 10.7. The Morgan fingerprint density at radius 3 is 2.79 bits per heavy atom. The summed E-state index contributed by atoms with van der Waals surface area (Å²) in [6.07, 6.45) is 1.17. The van der Waals surface area contributed by atoms with Crippen molar-refractivity contribution in [2.45, 2.75) is 0 Å². The lowest BCUT2D eigenvalue weighted by Gasteiger charge is -2.03. The summed E-state index contributed by atoms with van der Waals surface area (Å²) in [6.45, 7) is 0. The van der Waals surface area contributed by atoms with Gasteiger partial charge in [-0.15, -0.1) is 0 Å². The van der Waals surface area contributed by atoms with E-state index < -0.39 is 13.1 Å². The second-order valence-electron chi connectivity index (χ2n) is 2.47. The van der Waals surface area contributed by atoms with E-state index in [1.54, 1.807) is 0 Å². The predicted octanol–water partition coefficient (Wildman–Crippen LogP) is -0.799. The number of nitrogens with zero attached hydrogens (tertiary/aromatic N) is 1. The lowest BCUT2D eigenvalue weighted by atomic mass is 9.81. The molecule has 7 heteroatoms. The van der Waals surface area contributed by atoms with Crippen molar-refractivity contribution in [2.24, 2.45) is 0 Å². The molecule has 0 aliphatic heterocycles. The molecule has 0 aliphatic carbocycles. The van der Waals surface area contributed by atoms with E-state index in [4.69, 9.17) is 21.6 Å². The number of esters is 1. The van der Waals surface area contributed by atoms with Gasteiger partial charge in [-0.25, -0.2) is 9.78 Å². The van der Waals surface area contributed by atoms with Gasteiger partial charge in [-0.2, -0.15) is 0 Å². The van der Waals surface area contributed by atoms with E-state index in [1.165, 1.54) is 19.4 Å². The zero-order valence-electron chi connectivity index (χ0n) is 7.27. The molecule has 0 atom stereocenters. The smallest absolute Gasteiger partial charge is 0.465 e. The Balaban J connectivity index is 3.15. The van der Waals surface area contributed by atoms with E-state index in [1.807, 2.05) is 0 Å². The molecule has 0 unspecified atom stereocenters. The fourth-order valence-electron chi connectivity index (χ4n) is 0.859. The van der Waals surface area contributed by atoms with Crippen molar-refractivity contribution in [3.63, 3.8) is 0 Å². The van der Waals surface area contributed by atoms with Crippen LogP contribution in [0.15, 0.2) is 12.3 Å². The maximum atomic E-state index is 11.1. The molecule has 1 rings (SSSR count). The third-order valence-corrected chi connectivity index (χ3v) is 1.86.